The summed E-state index contributed by atoms with van der Waals surface area (Å²) in [5.74, 6) is 1.00. The van der Waals surface area contributed by atoms with Crippen molar-refractivity contribution < 1.29 is 9.59 Å². The van der Waals surface area contributed by atoms with Gasteiger partial charge in [0.2, 0.25) is 0 Å². The highest BCUT2D eigenvalue weighted by molar-refractivity contribution is 6.16. The molecule has 2 aliphatic rings. The van der Waals surface area contributed by atoms with Crippen molar-refractivity contribution in [2.24, 2.45) is 5.92 Å². The number of rotatable bonds is 9. The van der Waals surface area contributed by atoms with E-state index in [-0.39, 0.29) is 11.9 Å². The molecule has 2 aliphatic heterocycles. The van der Waals surface area contributed by atoms with E-state index in [0.29, 0.717) is 29.3 Å². The Labute approximate surface area is 215 Å². The molecule has 2 aromatic rings. The van der Waals surface area contributed by atoms with Gasteiger partial charge >= 0.3 is 6.03 Å². The maximum absolute atomic E-state index is 13.4. The number of hydrogen-bond acceptors (Lipinski definition) is 5. The molecule has 8 nitrogen and oxygen atoms in total. The number of aromatic nitrogens is 1. The first-order chi connectivity index (χ1) is 17.5. The number of hydrogen-bond donors (Lipinski definition) is 2. The predicted molar refractivity (Wildman–Crippen MR) is 145 cm³/mol. The van der Waals surface area contributed by atoms with Crippen molar-refractivity contribution in [3.8, 4) is 0 Å². The highest BCUT2D eigenvalue weighted by Crippen LogP contribution is 2.36. The van der Waals surface area contributed by atoms with Gasteiger partial charge in [-0.3, -0.25) is 4.79 Å². The van der Waals surface area contributed by atoms with Gasteiger partial charge in [0.1, 0.15) is 0 Å². The molecular formula is C28H40N6O2. The molecule has 0 unspecified atom stereocenters. The van der Waals surface area contributed by atoms with E-state index in [4.69, 9.17) is 0 Å². The van der Waals surface area contributed by atoms with Crippen molar-refractivity contribution in [1.29, 1.82) is 0 Å². The van der Waals surface area contributed by atoms with Gasteiger partial charge in [-0.2, -0.15) is 0 Å². The summed E-state index contributed by atoms with van der Waals surface area (Å²) in [5.41, 5.74) is 2.50. The number of likely N-dealkylation sites (tertiary alicyclic amines) is 1. The van der Waals surface area contributed by atoms with E-state index in [2.05, 4.69) is 39.3 Å². The Morgan fingerprint density at radius 1 is 1.19 bits per heavy atom. The largest absolute Gasteiger partial charge is 0.336 e. The lowest BCUT2D eigenvalue weighted by atomic mass is 9.92. The summed E-state index contributed by atoms with van der Waals surface area (Å²) in [7, 11) is 0. The van der Waals surface area contributed by atoms with Crippen LogP contribution in [0.3, 0.4) is 0 Å². The number of carbonyl (C=O) groups is 2. The third kappa shape index (κ3) is 6.23. The molecule has 0 spiro atoms. The highest BCUT2D eigenvalue weighted by Gasteiger charge is 2.30. The number of nitrogens with zero attached hydrogens (tertiary/aromatic N) is 4. The van der Waals surface area contributed by atoms with Crippen molar-refractivity contribution >= 4 is 29.1 Å². The van der Waals surface area contributed by atoms with Gasteiger partial charge in [0.25, 0.3) is 5.91 Å². The molecular weight excluding hydrogens is 452 g/mol. The number of aryl methyl sites for hydroxylation is 1. The van der Waals surface area contributed by atoms with Gasteiger partial charge in [0.05, 0.1) is 16.9 Å². The van der Waals surface area contributed by atoms with Crippen LogP contribution in [0.5, 0.6) is 0 Å². The Bertz CT molecular complexity index is 1050. The fraction of sp³-hybridized carbons (Fsp3) is 0.536. The van der Waals surface area contributed by atoms with Gasteiger partial charge in [-0.1, -0.05) is 19.9 Å². The molecule has 8 heteroatoms. The molecule has 1 aromatic heterocycles. The van der Waals surface area contributed by atoms with Gasteiger partial charge in [-0.05, 0) is 101 Å². The Morgan fingerprint density at radius 3 is 2.72 bits per heavy atom. The molecule has 2 N–H and O–H groups in total. The normalized spacial score (nSPS) is 16.3. The number of carbonyl (C=O) groups excluding carboxylic acids is 2. The van der Waals surface area contributed by atoms with E-state index in [9.17, 15) is 9.59 Å². The first-order valence-corrected chi connectivity index (χ1v) is 13.4. The molecule has 36 heavy (non-hydrogen) atoms. The van der Waals surface area contributed by atoms with Crippen LogP contribution >= 0.6 is 0 Å². The van der Waals surface area contributed by atoms with Gasteiger partial charge < -0.3 is 20.4 Å². The third-order valence-electron chi connectivity index (χ3n) is 7.48. The molecule has 0 atom stereocenters. The molecule has 1 aromatic carbocycles. The standard InChI is InChI=1S/C28H40N6O2/c1-4-32(5-2)16-7-8-22-12-17-33(18-13-22)19-15-30-28(36)34-25-20-21(3)10-11-23(25)27(35)31-24-9-6-14-29-26(24)34/h6,9-11,14,20,22H,4-5,7-8,12-13,15-19H2,1-3H3,(H,30,36)(H,31,35). The van der Waals surface area contributed by atoms with Crippen molar-refractivity contribution in [2.75, 3.05) is 56.0 Å². The average molecular weight is 493 g/mol. The molecule has 4 rings (SSSR count). The first kappa shape index (κ1) is 26.1. The maximum Gasteiger partial charge on any atom is 0.327 e. The second-order valence-corrected chi connectivity index (χ2v) is 9.87. The Kier molecular flexibility index (Phi) is 8.93. The summed E-state index contributed by atoms with van der Waals surface area (Å²) < 4.78 is 0. The van der Waals surface area contributed by atoms with E-state index in [1.54, 1.807) is 24.4 Å². The third-order valence-corrected chi connectivity index (χ3v) is 7.48. The quantitative estimate of drug-likeness (QED) is 0.533. The fourth-order valence-corrected chi connectivity index (χ4v) is 5.24. The second-order valence-electron chi connectivity index (χ2n) is 9.87. The van der Waals surface area contributed by atoms with Crippen molar-refractivity contribution in [3.05, 3.63) is 47.7 Å². The average Bonchev–Trinajstić information content (AvgIpc) is 3.00. The fourth-order valence-electron chi connectivity index (χ4n) is 5.24. The summed E-state index contributed by atoms with van der Waals surface area (Å²) >= 11 is 0. The molecule has 0 bridgehead atoms. The maximum atomic E-state index is 13.4. The van der Waals surface area contributed by atoms with Crippen molar-refractivity contribution in [1.82, 2.24) is 20.1 Å². The van der Waals surface area contributed by atoms with Crippen LogP contribution in [0, 0.1) is 12.8 Å². The second kappa shape index (κ2) is 12.3. The number of nitrogens with one attached hydrogen (secondary N) is 2. The zero-order valence-electron chi connectivity index (χ0n) is 21.9. The van der Waals surface area contributed by atoms with Gasteiger partial charge in [-0.15, -0.1) is 0 Å². The smallest absolute Gasteiger partial charge is 0.327 e. The minimum atomic E-state index is -0.274. The molecule has 1 fully saturated rings. The molecule has 3 amide bonds. The van der Waals surface area contributed by atoms with Crippen LogP contribution in [0.4, 0.5) is 22.0 Å². The van der Waals surface area contributed by atoms with Gasteiger partial charge in [0.15, 0.2) is 5.82 Å². The number of urea groups is 1. The Hall–Kier alpha value is -2.97. The zero-order chi connectivity index (χ0) is 25.5. The van der Waals surface area contributed by atoms with Crippen LogP contribution < -0.4 is 15.5 Å². The summed E-state index contributed by atoms with van der Waals surface area (Å²) in [6, 6.07) is 8.76. The monoisotopic (exact) mass is 492 g/mol. The lowest BCUT2D eigenvalue weighted by Gasteiger charge is -2.32. The minimum absolute atomic E-state index is 0.241. The van der Waals surface area contributed by atoms with E-state index in [1.807, 2.05) is 19.1 Å². The topological polar surface area (TPSA) is 80.8 Å². The van der Waals surface area contributed by atoms with E-state index in [0.717, 1.165) is 44.2 Å². The Balaban J connectivity index is 1.32. The van der Waals surface area contributed by atoms with E-state index >= 15 is 0 Å². The molecule has 1 saturated heterocycles. The number of fused-ring (bicyclic) bond motifs is 2. The SMILES string of the molecule is CCN(CC)CCCC1CCN(CCNC(=O)N2c3cc(C)ccc3C(=O)Nc3cccnc32)CC1. The zero-order valence-corrected chi connectivity index (χ0v) is 21.9. The van der Waals surface area contributed by atoms with Crippen LogP contribution in [-0.2, 0) is 0 Å². The summed E-state index contributed by atoms with van der Waals surface area (Å²) in [6.07, 6.45) is 6.70. The lowest BCUT2D eigenvalue weighted by Crippen LogP contribution is -2.43. The molecule has 0 saturated carbocycles. The van der Waals surface area contributed by atoms with Crippen LogP contribution in [0.1, 0.15) is 55.5 Å². The number of anilines is 3. The first-order valence-electron chi connectivity index (χ1n) is 13.4. The summed E-state index contributed by atoms with van der Waals surface area (Å²) in [4.78, 5) is 37.1. The summed E-state index contributed by atoms with van der Waals surface area (Å²) in [5, 5.41) is 5.96. The van der Waals surface area contributed by atoms with Crippen LogP contribution in [-0.4, -0.2) is 72.5 Å². The number of amides is 3. The highest BCUT2D eigenvalue weighted by atomic mass is 16.2. The molecule has 3 heterocycles. The molecule has 0 radical (unpaired) electrons. The van der Waals surface area contributed by atoms with Crippen LogP contribution in [0.25, 0.3) is 0 Å². The van der Waals surface area contributed by atoms with Gasteiger partial charge in [0, 0.05) is 19.3 Å². The van der Waals surface area contributed by atoms with Gasteiger partial charge in [-0.25, -0.2) is 14.7 Å². The van der Waals surface area contributed by atoms with E-state index in [1.165, 1.54) is 37.1 Å². The lowest BCUT2D eigenvalue weighted by molar-refractivity contribution is 0.102. The van der Waals surface area contributed by atoms with Crippen LogP contribution in [0.2, 0.25) is 0 Å². The number of benzene rings is 1. The molecule has 194 valence electrons. The van der Waals surface area contributed by atoms with Crippen LogP contribution in [0.15, 0.2) is 36.5 Å². The minimum Gasteiger partial charge on any atom is -0.336 e. The number of piperidine rings is 1. The van der Waals surface area contributed by atoms with Crippen molar-refractivity contribution in [3.63, 3.8) is 0 Å². The van der Waals surface area contributed by atoms with Crippen molar-refractivity contribution in [2.45, 2.75) is 46.5 Å². The Morgan fingerprint density at radius 2 is 1.97 bits per heavy atom. The predicted octanol–water partition coefficient (Wildman–Crippen LogP) is 4.64. The number of pyridine rings is 1. The van der Waals surface area contributed by atoms with E-state index < -0.39 is 0 Å². The summed E-state index contributed by atoms with van der Waals surface area (Å²) in [6.45, 7) is 13.4. The molecule has 0 aliphatic carbocycles.